The number of nitrogens with zero attached hydrogens (tertiary/aromatic N) is 4. The molecule has 1 unspecified atom stereocenters. The van der Waals surface area contributed by atoms with Crippen LogP contribution in [0.1, 0.15) is 42.4 Å². The maximum absolute atomic E-state index is 13.1. The Labute approximate surface area is 157 Å². The average molecular weight is 373 g/mol. The Morgan fingerprint density at radius 2 is 2.04 bits per heavy atom. The lowest BCUT2D eigenvalue weighted by molar-refractivity contribution is -0.126. The van der Waals surface area contributed by atoms with Crippen molar-refractivity contribution in [2.75, 3.05) is 19.6 Å². The van der Waals surface area contributed by atoms with Crippen LogP contribution in [-0.4, -0.2) is 51.3 Å². The third kappa shape index (κ3) is 4.15. The molecule has 1 aliphatic heterocycles. The summed E-state index contributed by atoms with van der Waals surface area (Å²) in [5, 5.41) is 11.0. The molecule has 0 spiro atoms. The fourth-order valence-electron chi connectivity index (χ4n) is 3.27. The lowest BCUT2D eigenvalue weighted by Crippen LogP contribution is -2.45. The zero-order chi connectivity index (χ0) is 19.4. The summed E-state index contributed by atoms with van der Waals surface area (Å²) < 4.78 is 14.6. The monoisotopic (exact) mass is 373 g/mol. The molecule has 1 fully saturated rings. The third-order valence-corrected chi connectivity index (χ3v) is 4.80. The molecule has 0 aliphatic carbocycles. The number of rotatable bonds is 5. The molecule has 3 rings (SSSR count). The van der Waals surface area contributed by atoms with E-state index >= 15 is 0 Å². The zero-order valence-corrected chi connectivity index (χ0v) is 15.6. The molecule has 1 aromatic heterocycles. The van der Waals surface area contributed by atoms with Crippen molar-refractivity contribution in [3.63, 3.8) is 0 Å². The molecule has 2 heterocycles. The number of nitrogens with one attached hydrogen (secondary N) is 1. The molecule has 8 heteroatoms. The smallest absolute Gasteiger partial charge is 0.276 e. The molecule has 1 N–H and O–H groups in total. The second-order valence-corrected chi connectivity index (χ2v) is 6.79. The highest BCUT2D eigenvalue weighted by Crippen LogP contribution is 2.20. The van der Waals surface area contributed by atoms with Gasteiger partial charge in [-0.2, -0.15) is 0 Å². The summed E-state index contributed by atoms with van der Waals surface area (Å²) >= 11 is 0. The number of piperidine rings is 1. The number of aromatic nitrogens is 3. The SMILES string of the molecule is CCCNC(=O)C1CCCN(C(=O)c2nnn(-c3ccc(F)cc3)c2C)C1. The third-order valence-electron chi connectivity index (χ3n) is 4.80. The van der Waals surface area contributed by atoms with Gasteiger partial charge in [-0.15, -0.1) is 5.10 Å². The van der Waals surface area contributed by atoms with Crippen molar-refractivity contribution in [2.24, 2.45) is 5.92 Å². The summed E-state index contributed by atoms with van der Waals surface area (Å²) in [6.07, 6.45) is 2.44. The molecule has 0 saturated carbocycles. The van der Waals surface area contributed by atoms with E-state index in [4.69, 9.17) is 0 Å². The topological polar surface area (TPSA) is 80.1 Å². The van der Waals surface area contributed by atoms with Crippen LogP contribution in [-0.2, 0) is 4.79 Å². The Balaban J connectivity index is 1.74. The van der Waals surface area contributed by atoms with Crippen molar-refractivity contribution in [3.05, 3.63) is 41.5 Å². The van der Waals surface area contributed by atoms with Gasteiger partial charge in [0, 0.05) is 19.6 Å². The molecule has 2 amide bonds. The fraction of sp³-hybridized carbons (Fsp3) is 0.474. The highest BCUT2D eigenvalue weighted by molar-refractivity contribution is 5.94. The van der Waals surface area contributed by atoms with E-state index in [1.807, 2.05) is 6.92 Å². The molecular formula is C19H24FN5O2. The van der Waals surface area contributed by atoms with Gasteiger partial charge in [0.15, 0.2) is 5.69 Å². The summed E-state index contributed by atoms with van der Waals surface area (Å²) in [6.45, 7) is 5.39. The lowest BCUT2D eigenvalue weighted by atomic mass is 9.96. The highest BCUT2D eigenvalue weighted by Gasteiger charge is 2.31. The number of benzene rings is 1. The number of likely N-dealkylation sites (tertiary alicyclic amines) is 1. The Bertz CT molecular complexity index is 818. The van der Waals surface area contributed by atoms with Crippen molar-refractivity contribution in [1.29, 1.82) is 0 Å². The van der Waals surface area contributed by atoms with E-state index in [1.165, 1.54) is 16.8 Å². The quantitative estimate of drug-likeness (QED) is 0.870. The molecule has 0 bridgehead atoms. The van der Waals surface area contributed by atoms with Crippen molar-refractivity contribution >= 4 is 11.8 Å². The first-order valence-electron chi connectivity index (χ1n) is 9.26. The highest BCUT2D eigenvalue weighted by atomic mass is 19.1. The second-order valence-electron chi connectivity index (χ2n) is 6.79. The predicted octanol–water partition coefficient (Wildman–Crippen LogP) is 2.09. The van der Waals surface area contributed by atoms with Crippen LogP contribution in [0.15, 0.2) is 24.3 Å². The maximum atomic E-state index is 13.1. The number of hydrogen-bond acceptors (Lipinski definition) is 4. The predicted molar refractivity (Wildman–Crippen MR) is 98.0 cm³/mol. The Morgan fingerprint density at radius 1 is 1.30 bits per heavy atom. The summed E-state index contributed by atoms with van der Waals surface area (Å²) in [5.41, 5.74) is 1.48. The van der Waals surface area contributed by atoms with Gasteiger partial charge in [0.05, 0.1) is 17.3 Å². The van der Waals surface area contributed by atoms with E-state index in [0.717, 1.165) is 19.3 Å². The molecule has 2 aromatic rings. The van der Waals surface area contributed by atoms with Crippen molar-refractivity contribution in [2.45, 2.75) is 33.1 Å². The van der Waals surface area contributed by atoms with Crippen molar-refractivity contribution < 1.29 is 14.0 Å². The van der Waals surface area contributed by atoms with Crippen LogP contribution in [0.5, 0.6) is 0 Å². The average Bonchev–Trinajstić information content (AvgIpc) is 3.07. The van der Waals surface area contributed by atoms with Crippen LogP contribution in [0.4, 0.5) is 4.39 Å². The maximum Gasteiger partial charge on any atom is 0.276 e. The number of halogens is 1. The van der Waals surface area contributed by atoms with Gasteiger partial charge in [-0.05, 0) is 50.5 Å². The molecule has 1 atom stereocenters. The van der Waals surface area contributed by atoms with Gasteiger partial charge >= 0.3 is 0 Å². The summed E-state index contributed by atoms with van der Waals surface area (Å²) in [5.74, 6) is -0.759. The van der Waals surface area contributed by atoms with Gasteiger partial charge in [0.2, 0.25) is 5.91 Å². The molecule has 1 aromatic carbocycles. The first-order valence-corrected chi connectivity index (χ1v) is 9.26. The van der Waals surface area contributed by atoms with Crippen LogP contribution in [0, 0.1) is 18.7 Å². The minimum absolute atomic E-state index is 0.000962. The summed E-state index contributed by atoms with van der Waals surface area (Å²) in [4.78, 5) is 26.8. The summed E-state index contributed by atoms with van der Waals surface area (Å²) in [7, 11) is 0. The second kappa shape index (κ2) is 8.28. The van der Waals surface area contributed by atoms with Gasteiger partial charge in [0.25, 0.3) is 5.91 Å². The van der Waals surface area contributed by atoms with E-state index in [9.17, 15) is 14.0 Å². The normalized spacial score (nSPS) is 17.0. The number of amides is 2. The van der Waals surface area contributed by atoms with Gasteiger partial charge in [-0.25, -0.2) is 9.07 Å². The molecular weight excluding hydrogens is 349 g/mol. The Hall–Kier alpha value is -2.77. The number of carbonyl (C=O) groups is 2. The number of hydrogen-bond donors (Lipinski definition) is 1. The van der Waals surface area contributed by atoms with Crippen LogP contribution < -0.4 is 5.32 Å². The van der Waals surface area contributed by atoms with E-state index in [2.05, 4.69) is 15.6 Å². The minimum Gasteiger partial charge on any atom is -0.356 e. The van der Waals surface area contributed by atoms with Gasteiger partial charge in [-0.3, -0.25) is 9.59 Å². The minimum atomic E-state index is -0.339. The molecule has 27 heavy (non-hydrogen) atoms. The van der Waals surface area contributed by atoms with E-state index in [1.54, 1.807) is 24.0 Å². The Kier molecular flexibility index (Phi) is 5.83. The van der Waals surface area contributed by atoms with Gasteiger partial charge in [0.1, 0.15) is 5.82 Å². The standard InChI is InChI=1S/C19H24FN5O2/c1-3-10-21-18(26)14-5-4-11-24(12-14)19(27)17-13(2)25(23-22-17)16-8-6-15(20)7-9-16/h6-9,14H,3-5,10-12H2,1-2H3,(H,21,26). The molecule has 7 nitrogen and oxygen atoms in total. The first-order chi connectivity index (χ1) is 13.0. The van der Waals surface area contributed by atoms with Crippen molar-refractivity contribution in [3.8, 4) is 5.69 Å². The largest absolute Gasteiger partial charge is 0.356 e. The number of carbonyl (C=O) groups excluding carboxylic acids is 2. The van der Waals surface area contributed by atoms with E-state index in [0.29, 0.717) is 31.0 Å². The molecule has 0 radical (unpaired) electrons. The van der Waals surface area contributed by atoms with Crippen LogP contribution in [0.25, 0.3) is 5.69 Å². The van der Waals surface area contributed by atoms with Gasteiger partial charge < -0.3 is 10.2 Å². The van der Waals surface area contributed by atoms with E-state index < -0.39 is 0 Å². The zero-order valence-electron chi connectivity index (χ0n) is 15.6. The van der Waals surface area contributed by atoms with Crippen LogP contribution in [0.3, 0.4) is 0 Å². The van der Waals surface area contributed by atoms with Crippen molar-refractivity contribution in [1.82, 2.24) is 25.2 Å². The summed E-state index contributed by atoms with van der Waals surface area (Å²) in [6, 6.07) is 5.84. The van der Waals surface area contributed by atoms with Gasteiger partial charge in [-0.1, -0.05) is 12.1 Å². The Morgan fingerprint density at radius 3 is 2.74 bits per heavy atom. The molecule has 144 valence electrons. The molecule has 1 aliphatic rings. The van der Waals surface area contributed by atoms with Crippen LogP contribution >= 0.6 is 0 Å². The van der Waals surface area contributed by atoms with E-state index in [-0.39, 0.29) is 29.2 Å². The molecule has 1 saturated heterocycles. The lowest BCUT2D eigenvalue weighted by Gasteiger charge is -2.31. The fourth-order valence-corrected chi connectivity index (χ4v) is 3.27. The van der Waals surface area contributed by atoms with Crippen LogP contribution in [0.2, 0.25) is 0 Å². The first kappa shape index (κ1) is 19.0.